The van der Waals surface area contributed by atoms with Crippen molar-refractivity contribution >= 4 is 11.3 Å². The lowest BCUT2D eigenvalue weighted by molar-refractivity contribution is 0.257. The van der Waals surface area contributed by atoms with Crippen molar-refractivity contribution in [3.63, 3.8) is 0 Å². The summed E-state index contributed by atoms with van der Waals surface area (Å²) >= 11 is 1.86. The molecule has 1 heterocycles. The molecule has 1 atom stereocenters. The summed E-state index contributed by atoms with van der Waals surface area (Å²) < 4.78 is 0. The zero-order valence-corrected chi connectivity index (χ0v) is 11.5. The van der Waals surface area contributed by atoms with Crippen LogP contribution in [-0.4, -0.2) is 37.6 Å². The molecule has 1 unspecified atom stereocenters. The SMILES string of the molecule is CCCNCCN(C)C(C)Cc1cccs1. The van der Waals surface area contributed by atoms with E-state index in [2.05, 4.69) is 48.6 Å². The molecule has 1 aromatic rings. The Hall–Kier alpha value is -0.380. The van der Waals surface area contributed by atoms with Crippen LogP contribution < -0.4 is 5.32 Å². The van der Waals surface area contributed by atoms with E-state index in [4.69, 9.17) is 0 Å². The topological polar surface area (TPSA) is 15.3 Å². The highest BCUT2D eigenvalue weighted by atomic mass is 32.1. The van der Waals surface area contributed by atoms with E-state index < -0.39 is 0 Å². The van der Waals surface area contributed by atoms with Gasteiger partial charge in [0.05, 0.1) is 0 Å². The van der Waals surface area contributed by atoms with Crippen molar-refractivity contribution in [3.05, 3.63) is 22.4 Å². The number of nitrogens with zero attached hydrogens (tertiary/aromatic N) is 1. The summed E-state index contributed by atoms with van der Waals surface area (Å²) in [7, 11) is 2.21. The van der Waals surface area contributed by atoms with Crippen molar-refractivity contribution < 1.29 is 0 Å². The second kappa shape index (κ2) is 7.82. The van der Waals surface area contributed by atoms with Crippen molar-refractivity contribution in [2.45, 2.75) is 32.7 Å². The van der Waals surface area contributed by atoms with Gasteiger partial charge < -0.3 is 10.2 Å². The van der Waals surface area contributed by atoms with Crippen LogP contribution in [0, 0.1) is 0 Å². The fraction of sp³-hybridized carbons (Fsp3) is 0.692. The van der Waals surface area contributed by atoms with Gasteiger partial charge in [0.25, 0.3) is 0 Å². The van der Waals surface area contributed by atoms with Crippen LogP contribution >= 0.6 is 11.3 Å². The van der Waals surface area contributed by atoms with Gasteiger partial charge in [-0.1, -0.05) is 13.0 Å². The zero-order valence-electron chi connectivity index (χ0n) is 10.7. The molecule has 3 heteroatoms. The number of nitrogens with one attached hydrogen (secondary N) is 1. The van der Waals surface area contributed by atoms with Crippen LogP contribution in [0.2, 0.25) is 0 Å². The summed E-state index contributed by atoms with van der Waals surface area (Å²) in [6, 6.07) is 4.99. The fourth-order valence-corrected chi connectivity index (χ4v) is 2.48. The van der Waals surface area contributed by atoms with Gasteiger partial charge in [0.15, 0.2) is 0 Å². The molecule has 1 aromatic heterocycles. The first kappa shape index (κ1) is 13.7. The van der Waals surface area contributed by atoms with Crippen LogP contribution in [0.4, 0.5) is 0 Å². The number of thiophene rings is 1. The molecule has 16 heavy (non-hydrogen) atoms. The Morgan fingerprint density at radius 2 is 2.25 bits per heavy atom. The van der Waals surface area contributed by atoms with Crippen LogP contribution in [0.25, 0.3) is 0 Å². The molecular weight excluding hydrogens is 216 g/mol. The Bertz CT molecular complexity index is 259. The van der Waals surface area contributed by atoms with Crippen molar-refractivity contribution in [2.75, 3.05) is 26.7 Å². The van der Waals surface area contributed by atoms with Gasteiger partial charge in [-0.15, -0.1) is 11.3 Å². The van der Waals surface area contributed by atoms with Crippen LogP contribution in [0.3, 0.4) is 0 Å². The predicted octanol–water partition coefficient (Wildman–Crippen LogP) is 2.61. The third-order valence-electron chi connectivity index (χ3n) is 2.90. The van der Waals surface area contributed by atoms with Gasteiger partial charge in [-0.05, 0) is 44.8 Å². The number of hydrogen-bond donors (Lipinski definition) is 1. The van der Waals surface area contributed by atoms with Gasteiger partial charge >= 0.3 is 0 Å². The minimum atomic E-state index is 0.627. The average Bonchev–Trinajstić information content (AvgIpc) is 2.76. The molecule has 0 bridgehead atoms. The third kappa shape index (κ3) is 5.10. The maximum atomic E-state index is 3.44. The molecule has 2 nitrogen and oxygen atoms in total. The van der Waals surface area contributed by atoms with Crippen LogP contribution in [0.5, 0.6) is 0 Å². The summed E-state index contributed by atoms with van der Waals surface area (Å²) in [4.78, 5) is 3.92. The molecule has 0 aromatic carbocycles. The van der Waals surface area contributed by atoms with Crippen LogP contribution in [0.1, 0.15) is 25.1 Å². The fourth-order valence-electron chi connectivity index (χ4n) is 1.65. The quantitative estimate of drug-likeness (QED) is 0.703. The third-order valence-corrected chi connectivity index (χ3v) is 3.80. The molecule has 0 aliphatic rings. The molecule has 0 aliphatic heterocycles. The monoisotopic (exact) mass is 240 g/mol. The first-order valence-electron chi connectivity index (χ1n) is 6.17. The Morgan fingerprint density at radius 3 is 2.88 bits per heavy atom. The lowest BCUT2D eigenvalue weighted by atomic mass is 10.2. The maximum absolute atomic E-state index is 3.44. The van der Waals surface area contributed by atoms with E-state index in [1.54, 1.807) is 0 Å². The van der Waals surface area contributed by atoms with Gasteiger partial charge in [-0.2, -0.15) is 0 Å². The smallest absolute Gasteiger partial charge is 0.0113 e. The van der Waals surface area contributed by atoms with Gasteiger partial charge in [-0.25, -0.2) is 0 Å². The Morgan fingerprint density at radius 1 is 1.44 bits per heavy atom. The van der Waals surface area contributed by atoms with Crippen molar-refractivity contribution in [1.82, 2.24) is 10.2 Å². The van der Waals surface area contributed by atoms with Crippen LogP contribution in [0.15, 0.2) is 17.5 Å². The molecule has 1 rings (SSSR count). The average molecular weight is 240 g/mol. The van der Waals surface area contributed by atoms with Crippen LogP contribution in [-0.2, 0) is 6.42 Å². The van der Waals surface area contributed by atoms with Crippen molar-refractivity contribution in [1.29, 1.82) is 0 Å². The highest BCUT2D eigenvalue weighted by Gasteiger charge is 2.09. The van der Waals surface area contributed by atoms with E-state index in [0.29, 0.717) is 6.04 Å². The normalized spacial score (nSPS) is 13.2. The molecular formula is C13H24N2S. The predicted molar refractivity (Wildman–Crippen MR) is 73.3 cm³/mol. The van der Waals surface area contributed by atoms with E-state index in [-0.39, 0.29) is 0 Å². The second-order valence-electron chi connectivity index (χ2n) is 4.36. The molecule has 1 N–H and O–H groups in total. The lowest BCUT2D eigenvalue weighted by Crippen LogP contribution is -2.36. The minimum Gasteiger partial charge on any atom is -0.315 e. The molecule has 0 radical (unpaired) electrons. The van der Waals surface area contributed by atoms with Gasteiger partial charge in [0.2, 0.25) is 0 Å². The van der Waals surface area contributed by atoms with Gasteiger partial charge in [0, 0.05) is 24.0 Å². The van der Waals surface area contributed by atoms with E-state index in [9.17, 15) is 0 Å². The summed E-state index contributed by atoms with van der Waals surface area (Å²) in [6.45, 7) is 7.87. The standard InChI is InChI=1S/C13H24N2S/c1-4-7-14-8-9-15(3)12(2)11-13-6-5-10-16-13/h5-6,10,12,14H,4,7-9,11H2,1-3H3. The minimum absolute atomic E-state index is 0.627. The van der Waals surface area contributed by atoms with E-state index in [1.165, 1.54) is 17.7 Å². The summed E-state index contributed by atoms with van der Waals surface area (Å²) in [6.07, 6.45) is 2.39. The molecule has 0 fully saturated rings. The Labute approximate surface area is 104 Å². The zero-order chi connectivity index (χ0) is 11.8. The van der Waals surface area contributed by atoms with E-state index in [1.807, 2.05) is 11.3 Å². The van der Waals surface area contributed by atoms with E-state index in [0.717, 1.165) is 19.6 Å². The van der Waals surface area contributed by atoms with Crippen molar-refractivity contribution in [3.8, 4) is 0 Å². The first-order valence-corrected chi connectivity index (χ1v) is 7.05. The maximum Gasteiger partial charge on any atom is 0.0113 e. The Kier molecular flexibility index (Phi) is 6.69. The Balaban J connectivity index is 2.17. The molecule has 0 saturated carbocycles. The molecule has 0 saturated heterocycles. The molecule has 92 valence electrons. The summed E-state index contributed by atoms with van der Waals surface area (Å²) in [5.41, 5.74) is 0. The number of rotatable bonds is 8. The highest BCUT2D eigenvalue weighted by Crippen LogP contribution is 2.13. The van der Waals surface area contributed by atoms with Gasteiger partial charge in [-0.3, -0.25) is 0 Å². The number of likely N-dealkylation sites (N-methyl/N-ethyl adjacent to an activating group) is 1. The highest BCUT2D eigenvalue weighted by molar-refractivity contribution is 7.09. The summed E-state index contributed by atoms with van der Waals surface area (Å²) in [5.74, 6) is 0. The largest absolute Gasteiger partial charge is 0.315 e. The lowest BCUT2D eigenvalue weighted by Gasteiger charge is -2.24. The van der Waals surface area contributed by atoms with Gasteiger partial charge in [0.1, 0.15) is 0 Å². The molecule has 0 aliphatic carbocycles. The first-order chi connectivity index (χ1) is 7.74. The summed E-state index contributed by atoms with van der Waals surface area (Å²) in [5, 5.41) is 5.60. The number of hydrogen-bond acceptors (Lipinski definition) is 3. The second-order valence-corrected chi connectivity index (χ2v) is 5.40. The molecule has 0 amide bonds. The van der Waals surface area contributed by atoms with E-state index >= 15 is 0 Å². The van der Waals surface area contributed by atoms with Crippen molar-refractivity contribution in [2.24, 2.45) is 0 Å². The molecule has 0 spiro atoms.